The monoisotopic (exact) mass is 380 g/mol. The number of rotatable bonds is 7. The van der Waals surface area contributed by atoms with Gasteiger partial charge in [0.1, 0.15) is 0 Å². The van der Waals surface area contributed by atoms with Crippen molar-refractivity contribution in [1.29, 1.82) is 0 Å². The molecule has 0 bridgehead atoms. The molecule has 3 rings (SSSR count). The summed E-state index contributed by atoms with van der Waals surface area (Å²) in [6.45, 7) is 9.75. The topological polar surface area (TPSA) is 49.3 Å². The maximum absolute atomic E-state index is 12.8. The van der Waals surface area contributed by atoms with Gasteiger partial charge in [0.15, 0.2) is 5.82 Å². The van der Waals surface area contributed by atoms with Crippen LogP contribution in [0, 0.1) is 12.8 Å². The van der Waals surface area contributed by atoms with Crippen LogP contribution in [0.2, 0.25) is 0 Å². The number of anilines is 1. The lowest BCUT2D eigenvalue weighted by atomic mass is 9.95. The minimum atomic E-state index is 0.146. The number of carbonyl (C=O) groups is 1. The van der Waals surface area contributed by atoms with Crippen LogP contribution in [0.15, 0.2) is 36.4 Å². The van der Waals surface area contributed by atoms with Gasteiger partial charge in [0.2, 0.25) is 5.91 Å². The number of amides is 1. The van der Waals surface area contributed by atoms with E-state index >= 15 is 0 Å². The van der Waals surface area contributed by atoms with Gasteiger partial charge in [-0.1, -0.05) is 37.1 Å². The standard InChI is InChI=1S/C23H32N4O/c1-4-6-14-26(5-2)23(28)19-12-15-27(16-13-19)22-11-10-21(24-25-22)20-9-7-8-18(3)17-20/h7-11,17,19H,4-6,12-16H2,1-3H3. The molecule has 2 heterocycles. The van der Waals surface area contributed by atoms with Crippen molar-refractivity contribution in [3.8, 4) is 11.3 Å². The molecule has 2 aromatic rings. The second-order valence-electron chi connectivity index (χ2n) is 7.68. The Morgan fingerprint density at radius 3 is 2.54 bits per heavy atom. The fourth-order valence-corrected chi connectivity index (χ4v) is 3.84. The summed E-state index contributed by atoms with van der Waals surface area (Å²) in [5.74, 6) is 1.38. The summed E-state index contributed by atoms with van der Waals surface area (Å²) in [4.78, 5) is 17.1. The first-order valence-electron chi connectivity index (χ1n) is 10.6. The Bertz CT molecular complexity index is 766. The predicted molar refractivity (Wildman–Crippen MR) is 114 cm³/mol. The maximum Gasteiger partial charge on any atom is 0.225 e. The van der Waals surface area contributed by atoms with E-state index in [-0.39, 0.29) is 5.92 Å². The zero-order valence-electron chi connectivity index (χ0n) is 17.4. The Kier molecular flexibility index (Phi) is 7.01. The van der Waals surface area contributed by atoms with E-state index in [1.54, 1.807) is 0 Å². The van der Waals surface area contributed by atoms with Crippen molar-refractivity contribution in [2.75, 3.05) is 31.1 Å². The minimum absolute atomic E-state index is 0.146. The van der Waals surface area contributed by atoms with E-state index in [1.165, 1.54) is 5.56 Å². The van der Waals surface area contributed by atoms with Crippen molar-refractivity contribution in [2.24, 2.45) is 5.92 Å². The Morgan fingerprint density at radius 1 is 1.14 bits per heavy atom. The number of aromatic nitrogens is 2. The SMILES string of the molecule is CCCCN(CC)C(=O)C1CCN(c2ccc(-c3cccc(C)c3)nn2)CC1. The quantitative estimate of drug-likeness (QED) is 0.718. The van der Waals surface area contributed by atoms with Crippen LogP contribution < -0.4 is 4.90 Å². The van der Waals surface area contributed by atoms with Crippen LogP contribution >= 0.6 is 0 Å². The smallest absolute Gasteiger partial charge is 0.225 e. The first kappa shape index (κ1) is 20.3. The number of piperidine rings is 1. The largest absolute Gasteiger partial charge is 0.355 e. The van der Waals surface area contributed by atoms with Crippen molar-refractivity contribution in [2.45, 2.75) is 46.5 Å². The summed E-state index contributed by atoms with van der Waals surface area (Å²) in [6.07, 6.45) is 3.99. The van der Waals surface area contributed by atoms with Gasteiger partial charge in [-0.25, -0.2) is 0 Å². The van der Waals surface area contributed by atoms with E-state index in [1.807, 2.05) is 23.1 Å². The number of unbranched alkanes of at least 4 members (excludes halogenated alkanes) is 1. The molecular formula is C23H32N4O. The van der Waals surface area contributed by atoms with Crippen LogP contribution in [0.25, 0.3) is 11.3 Å². The third-order valence-corrected chi connectivity index (χ3v) is 5.61. The van der Waals surface area contributed by atoms with Gasteiger partial charge in [-0.3, -0.25) is 4.79 Å². The molecule has 0 radical (unpaired) electrons. The molecule has 1 amide bonds. The molecule has 1 aliphatic rings. The third kappa shape index (κ3) is 4.89. The highest BCUT2D eigenvalue weighted by Crippen LogP contribution is 2.25. The Hall–Kier alpha value is -2.43. The number of benzene rings is 1. The van der Waals surface area contributed by atoms with Crippen molar-refractivity contribution in [3.63, 3.8) is 0 Å². The van der Waals surface area contributed by atoms with Gasteiger partial charge < -0.3 is 9.80 Å². The molecule has 0 aliphatic carbocycles. The predicted octanol–water partition coefficient (Wildman–Crippen LogP) is 4.32. The highest BCUT2D eigenvalue weighted by molar-refractivity contribution is 5.79. The minimum Gasteiger partial charge on any atom is -0.355 e. The van der Waals surface area contributed by atoms with Gasteiger partial charge in [0.25, 0.3) is 0 Å². The number of hydrogen-bond acceptors (Lipinski definition) is 4. The van der Waals surface area contributed by atoms with Crippen LogP contribution in [0.4, 0.5) is 5.82 Å². The molecule has 5 nitrogen and oxygen atoms in total. The van der Waals surface area contributed by atoms with Crippen LogP contribution in [-0.2, 0) is 4.79 Å². The number of nitrogens with zero attached hydrogens (tertiary/aromatic N) is 4. The normalized spacial score (nSPS) is 14.9. The molecule has 0 saturated carbocycles. The molecule has 1 saturated heterocycles. The van der Waals surface area contributed by atoms with Crippen LogP contribution in [0.1, 0.15) is 45.1 Å². The average molecular weight is 381 g/mol. The Balaban J connectivity index is 1.58. The van der Waals surface area contributed by atoms with E-state index in [2.05, 4.69) is 54.1 Å². The molecule has 0 unspecified atom stereocenters. The summed E-state index contributed by atoms with van der Waals surface area (Å²) in [5, 5.41) is 8.88. The maximum atomic E-state index is 12.8. The summed E-state index contributed by atoms with van der Waals surface area (Å²) in [7, 11) is 0. The van der Waals surface area contributed by atoms with Gasteiger partial charge >= 0.3 is 0 Å². The molecule has 150 valence electrons. The lowest BCUT2D eigenvalue weighted by Gasteiger charge is -2.34. The van der Waals surface area contributed by atoms with Crippen LogP contribution in [-0.4, -0.2) is 47.2 Å². The molecule has 28 heavy (non-hydrogen) atoms. The summed E-state index contributed by atoms with van der Waals surface area (Å²) in [6, 6.07) is 12.4. The van der Waals surface area contributed by atoms with Gasteiger partial charge in [-0.2, -0.15) is 0 Å². The highest BCUT2D eigenvalue weighted by Gasteiger charge is 2.28. The molecule has 1 aromatic heterocycles. The van der Waals surface area contributed by atoms with E-state index in [9.17, 15) is 4.79 Å². The Labute approximate surface area is 168 Å². The zero-order chi connectivity index (χ0) is 19.9. The van der Waals surface area contributed by atoms with Crippen LogP contribution in [0.5, 0.6) is 0 Å². The molecule has 1 aromatic carbocycles. The van der Waals surface area contributed by atoms with Gasteiger partial charge in [0, 0.05) is 37.7 Å². The molecule has 1 fully saturated rings. The lowest BCUT2D eigenvalue weighted by Crippen LogP contribution is -2.43. The van der Waals surface area contributed by atoms with E-state index < -0.39 is 0 Å². The lowest BCUT2D eigenvalue weighted by molar-refractivity contribution is -0.136. The fraction of sp³-hybridized carbons (Fsp3) is 0.522. The molecule has 0 spiro atoms. The van der Waals surface area contributed by atoms with Crippen LogP contribution in [0.3, 0.4) is 0 Å². The highest BCUT2D eigenvalue weighted by atomic mass is 16.2. The molecule has 0 atom stereocenters. The molecule has 5 heteroatoms. The Morgan fingerprint density at radius 2 is 1.93 bits per heavy atom. The van der Waals surface area contributed by atoms with Gasteiger partial charge in [-0.15, -0.1) is 10.2 Å². The summed E-state index contributed by atoms with van der Waals surface area (Å²) in [5.41, 5.74) is 3.21. The first-order chi connectivity index (χ1) is 13.6. The van der Waals surface area contributed by atoms with Gasteiger partial charge in [-0.05, 0) is 51.3 Å². The van der Waals surface area contributed by atoms with Crippen molar-refractivity contribution in [3.05, 3.63) is 42.0 Å². The van der Waals surface area contributed by atoms with Crippen molar-refractivity contribution < 1.29 is 4.79 Å². The van der Waals surface area contributed by atoms with Gasteiger partial charge in [0.05, 0.1) is 5.69 Å². The van der Waals surface area contributed by atoms with E-state index in [4.69, 9.17) is 0 Å². The molecular weight excluding hydrogens is 348 g/mol. The molecule has 0 N–H and O–H groups in total. The van der Waals surface area contributed by atoms with Crippen molar-refractivity contribution >= 4 is 11.7 Å². The number of aryl methyl sites for hydroxylation is 1. The summed E-state index contributed by atoms with van der Waals surface area (Å²) < 4.78 is 0. The molecule has 1 aliphatic heterocycles. The number of carbonyl (C=O) groups excluding carboxylic acids is 1. The fourth-order valence-electron chi connectivity index (χ4n) is 3.84. The average Bonchev–Trinajstić information content (AvgIpc) is 2.74. The van der Waals surface area contributed by atoms with Crippen molar-refractivity contribution in [1.82, 2.24) is 15.1 Å². The summed E-state index contributed by atoms with van der Waals surface area (Å²) >= 11 is 0. The van der Waals surface area contributed by atoms with E-state index in [0.29, 0.717) is 5.91 Å². The second-order valence-corrected chi connectivity index (χ2v) is 7.68. The third-order valence-electron chi connectivity index (χ3n) is 5.61. The first-order valence-corrected chi connectivity index (χ1v) is 10.6. The zero-order valence-corrected chi connectivity index (χ0v) is 17.4. The number of hydrogen-bond donors (Lipinski definition) is 0. The second kappa shape index (κ2) is 9.67. The van der Waals surface area contributed by atoms with E-state index in [0.717, 1.165) is 68.9 Å².